The first-order valence-electron chi connectivity index (χ1n) is 11.7. The molecule has 2 fully saturated rings. The number of rotatable bonds is 5. The summed E-state index contributed by atoms with van der Waals surface area (Å²) in [5.74, 6) is 0.823. The van der Waals surface area contributed by atoms with Crippen LogP contribution >= 0.6 is 11.6 Å². The van der Waals surface area contributed by atoms with Crippen molar-refractivity contribution >= 4 is 34.1 Å². The van der Waals surface area contributed by atoms with Crippen LogP contribution in [-0.2, 0) is 0 Å². The molecule has 7 nitrogen and oxygen atoms in total. The number of piperazine rings is 1. The smallest absolute Gasteiger partial charge is 0.180 e. The summed E-state index contributed by atoms with van der Waals surface area (Å²) in [6.07, 6.45) is 3.90. The molecule has 0 saturated carbocycles. The Morgan fingerprint density at radius 3 is 2.47 bits per heavy atom. The Hall–Kier alpha value is -2.35. The number of piperidine rings is 1. The van der Waals surface area contributed by atoms with Crippen LogP contribution < -0.4 is 10.2 Å². The lowest BCUT2D eigenvalue weighted by atomic mass is 10.1. The normalized spacial score (nSPS) is 19.0. The van der Waals surface area contributed by atoms with Crippen molar-refractivity contribution in [3.63, 3.8) is 0 Å². The largest absolute Gasteiger partial charge is 0.379 e. The molecule has 1 aromatic carbocycles. The number of hydrogen-bond donors (Lipinski definition) is 2. The first kappa shape index (κ1) is 21.5. The SMILES string of the molecule is CCN1CCN(c2ccc(-c3nc4ncc(Cl)c(NC5CCN(C)CC5)c4[nH]3)cc2)CC1. The number of likely N-dealkylation sites (N-methyl/N-ethyl adjacent to an activating group) is 1. The lowest BCUT2D eigenvalue weighted by Crippen LogP contribution is -2.46. The molecule has 5 rings (SSSR count). The molecule has 0 atom stereocenters. The third kappa shape index (κ3) is 4.42. The number of fused-ring (bicyclic) bond motifs is 1. The molecule has 2 aliphatic rings. The van der Waals surface area contributed by atoms with E-state index in [9.17, 15) is 0 Å². The van der Waals surface area contributed by atoms with E-state index in [1.54, 1.807) is 6.20 Å². The van der Waals surface area contributed by atoms with Gasteiger partial charge in [0.1, 0.15) is 11.3 Å². The van der Waals surface area contributed by atoms with Crippen molar-refractivity contribution in [3.05, 3.63) is 35.5 Å². The molecular weight excluding hydrogens is 422 g/mol. The summed E-state index contributed by atoms with van der Waals surface area (Å²) in [7, 11) is 2.17. The van der Waals surface area contributed by atoms with E-state index in [-0.39, 0.29) is 0 Å². The van der Waals surface area contributed by atoms with E-state index in [4.69, 9.17) is 16.6 Å². The van der Waals surface area contributed by atoms with E-state index in [0.29, 0.717) is 16.7 Å². The number of nitrogens with zero attached hydrogens (tertiary/aromatic N) is 5. The van der Waals surface area contributed by atoms with E-state index >= 15 is 0 Å². The van der Waals surface area contributed by atoms with Gasteiger partial charge in [0.15, 0.2) is 5.65 Å². The van der Waals surface area contributed by atoms with E-state index in [1.807, 2.05) is 0 Å². The summed E-state index contributed by atoms with van der Waals surface area (Å²) in [5, 5.41) is 4.29. The molecule has 8 heteroatoms. The molecule has 32 heavy (non-hydrogen) atoms. The molecule has 4 heterocycles. The zero-order chi connectivity index (χ0) is 22.1. The number of nitrogens with one attached hydrogen (secondary N) is 2. The number of anilines is 2. The summed E-state index contributed by atoms with van der Waals surface area (Å²) in [6.45, 7) is 9.95. The minimum Gasteiger partial charge on any atom is -0.379 e. The fourth-order valence-corrected chi connectivity index (χ4v) is 4.92. The van der Waals surface area contributed by atoms with Crippen molar-refractivity contribution in [1.82, 2.24) is 24.8 Å². The Morgan fingerprint density at radius 2 is 1.78 bits per heavy atom. The Labute approximate surface area is 194 Å². The third-order valence-corrected chi connectivity index (χ3v) is 7.15. The summed E-state index contributed by atoms with van der Waals surface area (Å²) in [5.41, 5.74) is 4.81. The van der Waals surface area contributed by atoms with Crippen LogP contribution in [0.4, 0.5) is 11.4 Å². The first-order chi connectivity index (χ1) is 15.6. The minimum atomic E-state index is 0.411. The van der Waals surface area contributed by atoms with Gasteiger partial charge >= 0.3 is 0 Å². The van der Waals surface area contributed by atoms with Gasteiger partial charge in [-0.25, -0.2) is 9.97 Å². The number of H-pyrrole nitrogens is 1. The van der Waals surface area contributed by atoms with Crippen molar-refractivity contribution in [3.8, 4) is 11.4 Å². The molecular formula is C24H32ClN7. The van der Waals surface area contributed by atoms with Crippen LogP contribution in [0.15, 0.2) is 30.5 Å². The standard InChI is InChI=1S/C24H32ClN7/c1-3-31-12-14-32(15-13-31)19-6-4-17(5-7-19)23-28-22-21(20(25)16-26-24(22)29-23)27-18-8-10-30(2)11-9-18/h4-7,16,18H,3,8-15H2,1-2H3,(H2,26,27,28,29). The van der Waals surface area contributed by atoms with Gasteiger partial charge in [-0.1, -0.05) is 18.5 Å². The molecule has 0 spiro atoms. The Kier molecular flexibility index (Phi) is 6.22. The lowest BCUT2D eigenvalue weighted by molar-refractivity contribution is 0.264. The average molecular weight is 454 g/mol. The molecule has 0 bridgehead atoms. The van der Waals surface area contributed by atoms with E-state index < -0.39 is 0 Å². The number of imidazole rings is 1. The van der Waals surface area contributed by atoms with Crippen LogP contribution in [-0.4, -0.2) is 83.7 Å². The van der Waals surface area contributed by atoms with E-state index in [2.05, 4.69) is 68.2 Å². The second-order valence-corrected chi connectivity index (χ2v) is 9.36. The molecule has 2 aromatic heterocycles. The Morgan fingerprint density at radius 1 is 1.06 bits per heavy atom. The van der Waals surface area contributed by atoms with Crippen LogP contribution in [0.25, 0.3) is 22.6 Å². The summed E-state index contributed by atoms with van der Waals surface area (Å²) < 4.78 is 0. The van der Waals surface area contributed by atoms with Crippen LogP contribution in [0.3, 0.4) is 0 Å². The second-order valence-electron chi connectivity index (χ2n) is 8.96. The molecule has 2 saturated heterocycles. The maximum atomic E-state index is 6.54. The van der Waals surface area contributed by atoms with E-state index in [1.165, 1.54) is 5.69 Å². The second kappa shape index (κ2) is 9.25. The fourth-order valence-electron chi connectivity index (χ4n) is 4.72. The van der Waals surface area contributed by atoms with Crippen molar-refractivity contribution in [2.45, 2.75) is 25.8 Å². The monoisotopic (exact) mass is 453 g/mol. The van der Waals surface area contributed by atoms with Gasteiger partial charge in [0, 0.05) is 43.5 Å². The molecule has 0 radical (unpaired) electrons. The molecule has 0 unspecified atom stereocenters. The van der Waals surface area contributed by atoms with Crippen molar-refractivity contribution in [2.24, 2.45) is 0 Å². The number of benzene rings is 1. The number of halogens is 1. The quantitative estimate of drug-likeness (QED) is 0.610. The van der Waals surface area contributed by atoms with Gasteiger partial charge < -0.3 is 25.0 Å². The number of likely N-dealkylation sites (tertiary alicyclic amines) is 1. The van der Waals surface area contributed by atoms with Crippen LogP contribution in [0.2, 0.25) is 5.02 Å². The number of pyridine rings is 1. The highest BCUT2D eigenvalue weighted by Gasteiger charge is 2.21. The summed E-state index contributed by atoms with van der Waals surface area (Å²) in [6, 6.07) is 9.09. The van der Waals surface area contributed by atoms with Gasteiger partial charge in [-0.3, -0.25) is 0 Å². The van der Waals surface area contributed by atoms with E-state index in [0.717, 1.165) is 81.2 Å². The molecule has 2 N–H and O–H groups in total. The maximum Gasteiger partial charge on any atom is 0.180 e. The van der Waals surface area contributed by atoms with Crippen molar-refractivity contribution in [2.75, 3.05) is 63.1 Å². The van der Waals surface area contributed by atoms with Crippen LogP contribution in [0.1, 0.15) is 19.8 Å². The summed E-state index contributed by atoms with van der Waals surface area (Å²) >= 11 is 6.54. The van der Waals surface area contributed by atoms with Crippen LogP contribution in [0.5, 0.6) is 0 Å². The minimum absolute atomic E-state index is 0.411. The van der Waals surface area contributed by atoms with Gasteiger partial charge in [-0.2, -0.15) is 0 Å². The van der Waals surface area contributed by atoms with Gasteiger partial charge in [0.25, 0.3) is 0 Å². The number of hydrogen-bond acceptors (Lipinski definition) is 6. The molecule has 3 aromatic rings. The summed E-state index contributed by atoms with van der Waals surface area (Å²) in [4.78, 5) is 20.0. The van der Waals surface area contributed by atoms with Crippen molar-refractivity contribution in [1.29, 1.82) is 0 Å². The molecule has 2 aliphatic heterocycles. The predicted octanol–water partition coefficient (Wildman–Crippen LogP) is 3.93. The molecule has 0 amide bonds. The zero-order valence-electron chi connectivity index (χ0n) is 18.9. The molecule has 0 aliphatic carbocycles. The Balaban J connectivity index is 1.36. The van der Waals surface area contributed by atoms with Gasteiger partial charge in [-0.05, 0) is 63.8 Å². The maximum absolute atomic E-state index is 6.54. The molecule has 170 valence electrons. The fraction of sp³-hybridized carbons (Fsp3) is 0.500. The topological polar surface area (TPSA) is 63.3 Å². The lowest BCUT2D eigenvalue weighted by Gasteiger charge is -2.35. The Bertz CT molecular complexity index is 1050. The van der Waals surface area contributed by atoms with Crippen molar-refractivity contribution < 1.29 is 0 Å². The first-order valence-corrected chi connectivity index (χ1v) is 12.1. The number of aromatic amines is 1. The van der Waals surface area contributed by atoms with Gasteiger partial charge in [0.2, 0.25) is 0 Å². The van der Waals surface area contributed by atoms with Crippen LogP contribution in [0, 0.1) is 0 Å². The third-order valence-electron chi connectivity index (χ3n) is 6.87. The predicted molar refractivity (Wildman–Crippen MR) is 133 cm³/mol. The van der Waals surface area contributed by atoms with Gasteiger partial charge in [0.05, 0.1) is 16.9 Å². The number of aromatic nitrogens is 3. The zero-order valence-corrected chi connectivity index (χ0v) is 19.7. The average Bonchev–Trinajstić information content (AvgIpc) is 3.27. The highest BCUT2D eigenvalue weighted by molar-refractivity contribution is 6.34. The van der Waals surface area contributed by atoms with Gasteiger partial charge in [-0.15, -0.1) is 0 Å². The highest BCUT2D eigenvalue weighted by atomic mass is 35.5. The highest BCUT2D eigenvalue weighted by Crippen LogP contribution is 2.32.